The fourth-order valence-electron chi connectivity index (χ4n) is 2.53. The quantitative estimate of drug-likeness (QED) is 0.580. The van der Waals surface area contributed by atoms with E-state index in [4.69, 9.17) is 0 Å². The Balaban J connectivity index is 1.81. The van der Waals surface area contributed by atoms with Crippen LogP contribution in [0.25, 0.3) is 17.1 Å². The van der Waals surface area contributed by atoms with Crippen LogP contribution < -0.4 is 10.6 Å². The number of thioether (sulfide) groups is 1. The zero-order chi connectivity index (χ0) is 20.6. The summed E-state index contributed by atoms with van der Waals surface area (Å²) in [6.07, 6.45) is 0.780. The van der Waals surface area contributed by atoms with E-state index in [-0.39, 0.29) is 11.6 Å². The van der Waals surface area contributed by atoms with Crippen LogP contribution >= 0.6 is 11.8 Å². The van der Waals surface area contributed by atoms with E-state index in [1.54, 1.807) is 16.7 Å². The van der Waals surface area contributed by atoms with Crippen molar-refractivity contribution in [1.82, 2.24) is 25.4 Å². The van der Waals surface area contributed by atoms with Crippen LogP contribution in [-0.4, -0.2) is 39.0 Å². The van der Waals surface area contributed by atoms with E-state index < -0.39 is 11.9 Å². The van der Waals surface area contributed by atoms with Crippen LogP contribution in [-0.2, 0) is 4.79 Å². The van der Waals surface area contributed by atoms with Gasteiger partial charge in [-0.05, 0) is 42.8 Å². The molecule has 150 valence electrons. The fraction of sp³-hybridized carbons (Fsp3) is 0.200. The van der Waals surface area contributed by atoms with Crippen LogP contribution in [0.15, 0.2) is 59.8 Å². The number of hydrogen-bond donors (Lipinski definition) is 2. The minimum absolute atomic E-state index is 0.00602. The highest BCUT2D eigenvalue weighted by Crippen LogP contribution is 2.27. The average Bonchev–Trinajstić information content (AvgIpc) is 3.16. The van der Waals surface area contributed by atoms with Gasteiger partial charge in [0.25, 0.3) is 0 Å². The number of benzene rings is 2. The molecule has 9 heteroatoms. The minimum Gasteiger partial charge on any atom is -0.338 e. The number of carbonyl (C=O) groups is 2. The average molecular weight is 413 g/mol. The molecule has 0 unspecified atom stereocenters. The smallest absolute Gasteiger partial charge is 0.321 e. The zero-order valence-corrected chi connectivity index (χ0v) is 16.6. The van der Waals surface area contributed by atoms with Gasteiger partial charge in [0.15, 0.2) is 11.0 Å². The Hall–Kier alpha value is -3.20. The molecule has 1 aromatic heterocycles. The maximum Gasteiger partial charge on any atom is 0.321 e. The first-order valence-electron chi connectivity index (χ1n) is 9.05. The maximum atomic E-state index is 13.3. The highest BCUT2D eigenvalue weighted by atomic mass is 32.2. The SMILES string of the molecule is CCCNC(=O)NC(=O)CSc1nnc(-c2ccc(F)cc2)n1-c1ccccc1. The summed E-state index contributed by atoms with van der Waals surface area (Å²) in [5.74, 6) is -0.255. The standard InChI is InChI=1S/C20H20FN5O2S/c1-2-12-22-19(28)23-17(27)13-29-20-25-24-18(14-8-10-15(21)11-9-14)26(20)16-6-4-3-5-7-16/h3-11H,2,12-13H2,1H3,(H2,22,23,27,28). The first-order chi connectivity index (χ1) is 14.1. The first-order valence-corrected chi connectivity index (χ1v) is 10.0. The molecule has 0 radical (unpaired) electrons. The normalized spacial score (nSPS) is 10.6. The maximum absolute atomic E-state index is 13.3. The van der Waals surface area contributed by atoms with E-state index >= 15 is 0 Å². The lowest BCUT2D eigenvalue weighted by Crippen LogP contribution is -2.40. The number of amides is 3. The molecule has 0 saturated heterocycles. The zero-order valence-electron chi connectivity index (χ0n) is 15.8. The lowest BCUT2D eigenvalue weighted by Gasteiger charge is -2.10. The van der Waals surface area contributed by atoms with Crippen LogP contribution in [0, 0.1) is 5.82 Å². The second kappa shape index (κ2) is 9.83. The van der Waals surface area contributed by atoms with E-state index in [2.05, 4.69) is 20.8 Å². The van der Waals surface area contributed by atoms with Crippen molar-refractivity contribution in [3.8, 4) is 17.1 Å². The second-order valence-corrected chi connectivity index (χ2v) is 7.02. The van der Waals surface area contributed by atoms with Gasteiger partial charge in [-0.15, -0.1) is 10.2 Å². The third kappa shape index (κ3) is 5.41. The van der Waals surface area contributed by atoms with Gasteiger partial charge in [-0.1, -0.05) is 36.9 Å². The number of urea groups is 1. The van der Waals surface area contributed by atoms with Crippen molar-refractivity contribution in [2.45, 2.75) is 18.5 Å². The highest BCUT2D eigenvalue weighted by Gasteiger charge is 2.18. The topological polar surface area (TPSA) is 88.9 Å². The fourth-order valence-corrected chi connectivity index (χ4v) is 3.29. The molecule has 2 N–H and O–H groups in total. The van der Waals surface area contributed by atoms with Crippen molar-refractivity contribution in [2.24, 2.45) is 0 Å². The Morgan fingerprint density at radius 1 is 1.07 bits per heavy atom. The van der Waals surface area contributed by atoms with Crippen LogP contribution in [0.1, 0.15) is 13.3 Å². The number of nitrogens with one attached hydrogen (secondary N) is 2. The summed E-state index contributed by atoms with van der Waals surface area (Å²) >= 11 is 1.16. The van der Waals surface area contributed by atoms with E-state index in [9.17, 15) is 14.0 Å². The molecule has 2 aromatic carbocycles. The number of halogens is 1. The van der Waals surface area contributed by atoms with Crippen LogP contribution in [0.2, 0.25) is 0 Å². The van der Waals surface area contributed by atoms with Crippen LogP contribution in [0.4, 0.5) is 9.18 Å². The summed E-state index contributed by atoms with van der Waals surface area (Å²) < 4.78 is 15.1. The highest BCUT2D eigenvalue weighted by molar-refractivity contribution is 7.99. The van der Waals surface area contributed by atoms with Gasteiger partial charge < -0.3 is 5.32 Å². The molecule has 0 aliphatic heterocycles. The first kappa shape index (κ1) is 20.5. The van der Waals surface area contributed by atoms with Crippen molar-refractivity contribution >= 4 is 23.7 Å². The van der Waals surface area contributed by atoms with Crippen molar-refractivity contribution in [1.29, 1.82) is 0 Å². The number of rotatable bonds is 7. The Kier molecular flexibility index (Phi) is 6.96. The molecule has 3 amide bonds. The summed E-state index contributed by atoms with van der Waals surface area (Å²) in [7, 11) is 0. The largest absolute Gasteiger partial charge is 0.338 e. The number of carbonyl (C=O) groups excluding carboxylic acids is 2. The van der Waals surface area contributed by atoms with Crippen molar-refractivity contribution in [2.75, 3.05) is 12.3 Å². The molecule has 3 aromatic rings. The lowest BCUT2D eigenvalue weighted by atomic mass is 10.2. The number of para-hydroxylation sites is 1. The Bertz CT molecular complexity index is 976. The van der Waals surface area contributed by atoms with Gasteiger partial charge in [-0.3, -0.25) is 14.7 Å². The molecule has 0 bridgehead atoms. The summed E-state index contributed by atoms with van der Waals surface area (Å²) in [6, 6.07) is 14.9. The van der Waals surface area contributed by atoms with Crippen molar-refractivity contribution in [3.63, 3.8) is 0 Å². The molecular weight excluding hydrogens is 393 g/mol. The predicted octanol–water partition coefficient (Wildman–Crippen LogP) is 3.40. The summed E-state index contributed by atoms with van der Waals surface area (Å²) in [4.78, 5) is 23.7. The Labute approximate surface area is 171 Å². The minimum atomic E-state index is -0.519. The van der Waals surface area contributed by atoms with Gasteiger partial charge in [0.2, 0.25) is 5.91 Å². The monoisotopic (exact) mass is 413 g/mol. The summed E-state index contributed by atoms with van der Waals surface area (Å²) in [6.45, 7) is 2.42. The van der Waals surface area contributed by atoms with E-state index in [0.29, 0.717) is 23.1 Å². The number of imide groups is 1. The molecular formula is C20H20FN5O2S. The second-order valence-electron chi connectivity index (χ2n) is 6.08. The predicted molar refractivity (Wildman–Crippen MR) is 109 cm³/mol. The molecule has 3 rings (SSSR count). The van der Waals surface area contributed by atoms with Gasteiger partial charge in [-0.2, -0.15) is 0 Å². The lowest BCUT2D eigenvalue weighted by molar-refractivity contribution is -0.117. The van der Waals surface area contributed by atoms with Gasteiger partial charge in [0.05, 0.1) is 5.75 Å². The van der Waals surface area contributed by atoms with Crippen LogP contribution in [0.3, 0.4) is 0 Å². The van der Waals surface area contributed by atoms with Crippen LogP contribution in [0.5, 0.6) is 0 Å². The summed E-state index contributed by atoms with van der Waals surface area (Å²) in [5, 5.41) is 13.8. The van der Waals surface area contributed by atoms with Crippen molar-refractivity contribution < 1.29 is 14.0 Å². The number of aromatic nitrogens is 3. The van der Waals surface area contributed by atoms with Gasteiger partial charge >= 0.3 is 6.03 Å². The molecule has 1 heterocycles. The molecule has 0 atom stereocenters. The number of nitrogens with zero attached hydrogens (tertiary/aromatic N) is 3. The van der Waals surface area contributed by atoms with Crippen molar-refractivity contribution in [3.05, 3.63) is 60.4 Å². The molecule has 29 heavy (non-hydrogen) atoms. The summed E-state index contributed by atoms with van der Waals surface area (Å²) in [5.41, 5.74) is 1.50. The molecule has 0 aliphatic rings. The van der Waals surface area contributed by atoms with Gasteiger partial charge in [0.1, 0.15) is 5.82 Å². The number of hydrogen-bond acceptors (Lipinski definition) is 5. The molecule has 0 aliphatic carbocycles. The van der Waals surface area contributed by atoms with E-state index in [1.165, 1.54) is 12.1 Å². The molecule has 0 saturated carbocycles. The van der Waals surface area contributed by atoms with E-state index in [1.807, 2.05) is 37.3 Å². The molecule has 0 fully saturated rings. The van der Waals surface area contributed by atoms with Gasteiger partial charge in [0, 0.05) is 17.8 Å². The molecule has 7 nitrogen and oxygen atoms in total. The molecule has 0 spiro atoms. The third-order valence-electron chi connectivity index (χ3n) is 3.87. The Morgan fingerprint density at radius 2 is 1.79 bits per heavy atom. The third-order valence-corrected chi connectivity index (χ3v) is 4.80. The van der Waals surface area contributed by atoms with E-state index in [0.717, 1.165) is 23.9 Å². The Morgan fingerprint density at radius 3 is 2.48 bits per heavy atom. The van der Waals surface area contributed by atoms with Gasteiger partial charge in [-0.25, -0.2) is 9.18 Å².